The number of rotatable bonds is 6. The molecule has 0 amide bonds. The fourth-order valence-electron chi connectivity index (χ4n) is 2.59. The standard InChI is InChI=1S/C14H25BrN4S/c1-17(2)3-4-18-5-7-19(8-6-18)13(10-16)14-9-12(15)11-20-14/h9,11,13H,3-8,10,16H2,1-2H3. The highest BCUT2D eigenvalue weighted by Crippen LogP contribution is 2.29. The van der Waals surface area contributed by atoms with Crippen molar-refractivity contribution in [3.05, 3.63) is 20.8 Å². The van der Waals surface area contributed by atoms with Crippen LogP contribution in [0.1, 0.15) is 10.9 Å². The van der Waals surface area contributed by atoms with Gasteiger partial charge in [0.25, 0.3) is 0 Å². The zero-order valence-electron chi connectivity index (χ0n) is 12.4. The maximum Gasteiger partial charge on any atom is 0.0565 e. The normalized spacial score (nSPS) is 19.6. The monoisotopic (exact) mass is 360 g/mol. The molecule has 4 nitrogen and oxygen atoms in total. The average molecular weight is 361 g/mol. The Kier molecular flexibility index (Phi) is 6.45. The number of thiophene rings is 1. The van der Waals surface area contributed by atoms with Crippen molar-refractivity contribution in [3.8, 4) is 0 Å². The van der Waals surface area contributed by atoms with Gasteiger partial charge in [-0.05, 0) is 36.1 Å². The van der Waals surface area contributed by atoms with E-state index >= 15 is 0 Å². The van der Waals surface area contributed by atoms with E-state index in [1.165, 1.54) is 15.9 Å². The Balaban J connectivity index is 1.85. The summed E-state index contributed by atoms with van der Waals surface area (Å²) in [4.78, 5) is 8.71. The van der Waals surface area contributed by atoms with E-state index in [9.17, 15) is 0 Å². The van der Waals surface area contributed by atoms with E-state index in [2.05, 4.69) is 56.2 Å². The quantitative estimate of drug-likeness (QED) is 0.837. The van der Waals surface area contributed by atoms with Crippen molar-refractivity contribution < 1.29 is 0 Å². The van der Waals surface area contributed by atoms with E-state index < -0.39 is 0 Å². The lowest BCUT2D eigenvalue weighted by molar-refractivity contribution is 0.0952. The second-order valence-corrected chi connectivity index (χ2v) is 7.46. The molecule has 114 valence electrons. The van der Waals surface area contributed by atoms with Gasteiger partial charge in [-0.15, -0.1) is 11.3 Å². The van der Waals surface area contributed by atoms with Crippen LogP contribution < -0.4 is 5.73 Å². The van der Waals surface area contributed by atoms with Gasteiger partial charge in [0.15, 0.2) is 0 Å². The summed E-state index contributed by atoms with van der Waals surface area (Å²) >= 11 is 5.34. The zero-order valence-corrected chi connectivity index (χ0v) is 14.8. The van der Waals surface area contributed by atoms with Crippen molar-refractivity contribution in [2.75, 3.05) is 59.9 Å². The van der Waals surface area contributed by atoms with Crippen LogP contribution >= 0.6 is 27.3 Å². The third-order valence-electron chi connectivity index (χ3n) is 3.85. The molecule has 1 aromatic heterocycles. The van der Waals surface area contributed by atoms with Crippen molar-refractivity contribution in [2.45, 2.75) is 6.04 Å². The van der Waals surface area contributed by atoms with Crippen LogP contribution in [0.2, 0.25) is 0 Å². The molecular formula is C14H25BrN4S. The van der Waals surface area contributed by atoms with Crippen LogP contribution in [0, 0.1) is 0 Å². The Hall–Kier alpha value is 0.0200. The predicted octanol–water partition coefficient (Wildman–Crippen LogP) is 1.69. The summed E-state index contributed by atoms with van der Waals surface area (Å²) in [5, 5.41) is 2.14. The number of nitrogens with two attached hydrogens (primary N) is 1. The summed E-state index contributed by atoms with van der Waals surface area (Å²) in [5.41, 5.74) is 6.01. The molecule has 6 heteroatoms. The number of likely N-dealkylation sites (N-methyl/N-ethyl adjacent to an activating group) is 1. The Morgan fingerprint density at radius 3 is 2.55 bits per heavy atom. The SMILES string of the molecule is CN(C)CCN1CCN(C(CN)c2cc(Br)cs2)CC1. The van der Waals surface area contributed by atoms with Gasteiger partial charge in [0.2, 0.25) is 0 Å². The van der Waals surface area contributed by atoms with E-state index in [1.54, 1.807) is 11.3 Å². The van der Waals surface area contributed by atoms with E-state index in [0.29, 0.717) is 12.6 Å². The van der Waals surface area contributed by atoms with Crippen molar-refractivity contribution in [2.24, 2.45) is 5.73 Å². The van der Waals surface area contributed by atoms with Gasteiger partial charge in [0.05, 0.1) is 6.04 Å². The van der Waals surface area contributed by atoms with E-state index in [4.69, 9.17) is 5.73 Å². The maximum atomic E-state index is 6.01. The van der Waals surface area contributed by atoms with Crippen LogP contribution in [-0.4, -0.2) is 74.6 Å². The third-order valence-corrected chi connectivity index (χ3v) is 5.65. The molecule has 0 aromatic carbocycles. The molecule has 0 saturated carbocycles. The summed E-state index contributed by atoms with van der Waals surface area (Å²) in [6.07, 6.45) is 0. The van der Waals surface area contributed by atoms with Gasteiger partial charge in [0.1, 0.15) is 0 Å². The molecule has 2 N–H and O–H groups in total. The fraction of sp³-hybridized carbons (Fsp3) is 0.714. The molecule has 1 unspecified atom stereocenters. The van der Waals surface area contributed by atoms with Crippen LogP contribution in [0.3, 0.4) is 0 Å². The largest absolute Gasteiger partial charge is 0.329 e. The number of nitrogens with zero attached hydrogens (tertiary/aromatic N) is 3. The smallest absolute Gasteiger partial charge is 0.0565 e. The molecule has 1 aliphatic heterocycles. The lowest BCUT2D eigenvalue weighted by atomic mass is 10.1. The molecule has 0 aliphatic carbocycles. The van der Waals surface area contributed by atoms with Crippen molar-refractivity contribution in [3.63, 3.8) is 0 Å². The molecule has 1 aliphatic rings. The molecule has 2 heterocycles. The third kappa shape index (κ3) is 4.51. The highest BCUT2D eigenvalue weighted by molar-refractivity contribution is 9.10. The van der Waals surface area contributed by atoms with Gasteiger partial charge in [-0.3, -0.25) is 9.80 Å². The van der Waals surface area contributed by atoms with Gasteiger partial charge in [-0.1, -0.05) is 0 Å². The Bertz CT molecular complexity index is 402. The summed E-state index contributed by atoms with van der Waals surface area (Å²) in [7, 11) is 4.27. The predicted molar refractivity (Wildman–Crippen MR) is 90.4 cm³/mol. The molecule has 1 atom stereocenters. The topological polar surface area (TPSA) is 35.7 Å². The van der Waals surface area contributed by atoms with Gasteiger partial charge in [-0.2, -0.15) is 0 Å². The molecule has 1 aromatic rings. The average Bonchev–Trinajstić information content (AvgIpc) is 2.85. The van der Waals surface area contributed by atoms with E-state index in [1.807, 2.05) is 0 Å². The van der Waals surface area contributed by atoms with Gasteiger partial charge >= 0.3 is 0 Å². The van der Waals surface area contributed by atoms with Crippen LogP contribution in [0.5, 0.6) is 0 Å². The molecule has 0 spiro atoms. The Morgan fingerprint density at radius 1 is 1.35 bits per heavy atom. The Labute approximate surface area is 134 Å². The van der Waals surface area contributed by atoms with Crippen molar-refractivity contribution in [1.29, 1.82) is 0 Å². The fourth-order valence-corrected chi connectivity index (χ4v) is 4.18. The van der Waals surface area contributed by atoms with Gasteiger partial charge in [0, 0.05) is 60.5 Å². The first-order chi connectivity index (χ1) is 9.60. The maximum absolute atomic E-state index is 6.01. The van der Waals surface area contributed by atoms with Gasteiger partial charge in [-0.25, -0.2) is 0 Å². The second-order valence-electron chi connectivity index (χ2n) is 5.60. The van der Waals surface area contributed by atoms with Gasteiger partial charge < -0.3 is 10.6 Å². The molecule has 1 fully saturated rings. The molecule has 2 rings (SSSR count). The van der Waals surface area contributed by atoms with Crippen molar-refractivity contribution >= 4 is 27.3 Å². The van der Waals surface area contributed by atoms with Crippen LogP contribution in [0.25, 0.3) is 0 Å². The molecule has 0 radical (unpaired) electrons. The lowest BCUT2D eigenvalue weighted by Crippen LogP contribution is -2.50. The Morgan fingerprint density at radius 2 is 2.05 bits per heavy atom. The minimum absolute atomic E-state index is 0.377. The van der Waals surface area contributed by atoms with Crippen LogP contribution in [0.15, 0.2) is 15.9 Å². The molecule has 0 bridgehead atoms. The number of piperazine rings is 1. The van der Waals surface area contributed by atoms with E-state index in [0.717, 1.165) is 32.7 Å². The van der Waals surface area contributed by atoms with E-state index in [-0.39, 0.29) is 0 Å². The summed E-state index contributed by atoms with van der Waals surface area (Å²) in [5.74, 6) is 0. The minimum Gasteiger partial charge on any atom is -0.329 e. The van der Waals surface area contributed by atoms with Crippen LogP contribution in [-0.2, 0) is 0 Å². The molecule has 20 heavy (non-hydrogen) atoms. The minimum atomic E-state index is 0.377. The second kappa shape index (κ2) is 7.87. The zero-order chi connectivity index (χ0) is 14.5. The molecular weight excluding hydrogens is 336 g/mol. The first kappa shape index (κ1) is 16.4. The number of halogens is 1. The highest BCUT2D eigenvalue weighted by atomic mass is 79.9. The first-order valence-electron chi connectivity index (χ1n) is 7.15. The summed E-state index contributed by atoms with van der Waals surface area (Å²) in [6.45, 7) is 7.53. The van der Waals surface area contributed by atoms with Crippen molar-refractivity contribution in [1.82, 2.24) is 14.7 Å². The summed E-state index contributed by atoms with van der Waals surface area (Å²) < 4.78 is 1.17. The first-order valence-corrected chi connectivity index (χ1v) is 8.82. The number of hydrogen-bond acceptors (Lipinski definition) is 5. The molecule has 1 saturated heterocycles. The van der Waals surface area contributed by atoms with Crippen LogP contribution in [0.4, 0.5) is 0 Å². The highest BCUT2D eigenvalue weighted by Gasteiger charge is 2.24. The number of hydrogen-bond donors (Lipinski definition) is 1. The summed E-state index contributed by atoms with van der Waals surface area (Å²) in [6, 6.07) is 2.59. The lowest BCUT2D eigenvalue weighted by Gasteiger charge is -2.39.